The molecule has 8 nitrogen and oxygen atoms in total. The van der Waals surface area contributed by atoms with E-state index in [-0.39, 0.29) is 6.42 Å². The molecule has 6 N–H and O–H groups in total. The van der Waals surface area contributed by atoms with Gasteiger partial charge < -0.3 is 26.4 Å². The molecule has 8 heteroatoms. The quantitative estimate of drug-likeness (QED) is 0.347. The zero-order valence-corrected chi connectivity index (χ0v) is 17.1. The fourth-order valence-corrected chi connectivity index (χ4v) is 4.15. The highest BCUT2D eigenvalue weighted by Crippen LogP contribution is 2.39. The Morgan fingerprint density at radius 3 is 2.09 bits per heavy atom. The van der Waals surface area contributed by atoms with E-state index in [2.05, 4.69) is 5.32 Å². The lowest BCUT2D eigenvalue weighted by Gasteiger charge is -2.40. The molecule has 3 atom stereocenters. The van der Waals surface area contributed by atoms with E-state index in [1.54, 1.807) is 48.5 Å². The molecule has 166 valence electrons. The van der Waals surface area contributed by atoms with Gasteiger partial charge in [-0.2, -0.15) is 0 Å². The van der Waals surface area contributed by atoms with Gasteiger partial charge in [0, 0.05) is 5.41 Å². The molecule has 0 aliphatic carbocycles. The lowest BCUT2D eigenvalue weighted by Crippen LogP contribution is -2.58. The summed E-state index contributed by atoms with van der Waals surface area (Å²) in [6.45, 7) is 0. The van der Waals surface area contributed by atoms with Crippen LogP contribution in [0.4, 0.5) is 4.79 Å². The summed E-state index contributed by atoms with van der Waals surface area (Å²) in [5, 5.41) is 33.8. The van der Waals surface area contributed by atoms with Crippen molar-refractivity contribution in [1.82, 2.24) is 5.32 Å². The van der Waals surface area contributed by atoms with E-state index in [4.69, 9.17) is 5.73 Å². The second kappa shape index (κ2) is 9.49. The molecular formula is C24H24N2O6. The first-order chi connectivity index (χ1) is 15.2. The van der Waals surface area contributed by atoms with Gasteiger partial charge in [-0.3, -0.25) is 0 Å². The molecule has 0 aliphatic rings. The number of aliphatic hydroxyl groups excluding tert-OH is 1. The molecule has 0 aliphatic heterocycles. The van der Waals surface area contributed by atoms with Crippen LogP contribution in [0.15, 0.2) is 72.8 Å². The minimum absolute atomic E-state index is 0.0355. The van der Waals surface area contributed by atoms with Crippen LogP contribution >= 0.6 is 0 Å². The number of hydrogen-bond acceptors (Lipinski definition) is 4. The van der Waals surface area contributed by atoms with E-state index in [1.165, 1.54) is 0 Å². The molecule has 3 unspecified atom stereocenters. The Balaban J connectivity index is 2.29. The van der Waals surface area contributed by atoms with Crippen LogP contribution in [-0.4, -0.2) is 45.4 Å². The molecule has 0 fully saturated rings. The standard InChI is InChI=1S/C24H24N2O6/c25-23(32)26-20(22(30)31)24(14-19(27)21(28)29,13-15-6-2-1-3-7-15)18-11-10-16-8-4-5-9-17(16)12-18/h1-12,19-20,27H,13-14H2,(H,28,29)(H,30,31)(H3,25,26,32). The average molecular weight is 436 g/mol. The number of nitrogens with one attached hydrogen (secondary N) is 1. The summed E-state index contributed by atoms with van der Waals surface area (Å²) >= 11 is 0. The van der Waals surface area contributed by atoms with Crippen LogP contribution in [-0.2, 0) is 21.4 Å². The normalized spacial score (nSPS) is 14.8. The maximum atomic E-state index is 12.4. The predicted molar refractivity (Wildman–Crippen MR) is 118 cm³/mol. The summed E-state index contributed by atoms with van der Waals surface area (Å²) in [5.41, 5.74) is 4.93. The molecule has 32 heavy (non-hydrogen) atoms. The number of aliphatic hydroxyl groups is 1. The van der Waals surface area contributed by atoms with Gasteiger partial charge in [-0.05, 0) is 34.7 Å². The van der Waals surface area contributed by atoms with Crippen LogP contribution in [0.1, 0.15) is 17.5 Å². The van der Waals surface area contributed by atoms with E-state index in [9.17, 15) is 29.7 Å². The first-order valence-corrected chi connectivity index (χ1v) is 9.96. The van der Waals surface area contributed by atoms with Gasteiger partial charge in [-0.15, -0.1) is 0 Å². The van der Waals surface area contributed by atoms with Crippen LogP contribution in [0.2, 0.25) is 0 Å². The monoisotopic (exact) mass is 436 g/mol. The predicted octanol–water partition coefficient (Wildman–Crippen LogP) is 2.28. The molecule has 3 rings (SSSR count). The van der Waals surface area contributed by atoms with Crippen molar-refractivity contribution in [1.29, 1.82) is 0 Å². The molecule has 0 spiro atoms. The summed E-state index contributed by atoms with van der Waals surface area (Å²) in [5.74, 6) is -2.89. The van der Waals surface area contributed by atoms with Crippen molar-refractivity contribution in [2.24, 2.45) is 5.73 Å². The molecule has 3 aromatic rings. The Hall–Kier alpha value is -3.91. The highest BCUT2D eigenvalue weighted by molar-refractivity contribution is 5.86. The van der Waals surface area contributed by atoms with Crippen LogP contribution < -0.4 is 11.1 Å². The van der Waals surface area contributed by atoms with Crippen molar-refractivity contribution in [3.63, 3.8) is 0 Å². The SMILES string of the molecule is NC(=O)NC(C(=O)O)C(Cc1ccccc1)(CC(O)C(=O)O)c1ccc2ccccc2c1. The van der Waals surface area contributed by atoms with Gasteiger partial charge in [-0.1, -0.05) is 72.8 Å². The number of hydrogen-bond donors (Lipinski definition) is 5. The van der Waals surface area contributed by atoms with Crippen LogP contribution in [0.3, 0.4) is 0 Å². The van der Waals surface area contributed by atoms with Crippen molar-refractivity contribution >= 4 is 28.7 Å². The van der Waals surface area contributed by atoms with Crippen molar-refractivity contribution in [2.45, 2.75) is 30.4 Å². The smallest absolute Gasteiger partial charge is 0.332 e. The van der Waals surface area contributed by atoms with E-state index in [0.29, 0.717) is 11.1 Å². The Kier molecular flexibility index (Phi) is 6.75. The van der Waals surface area contributed by atoms with Gasteiger partial charge in [-0.25, -0.2) is 14.4 Å². The summed E-state index contributed by atoms with van der Waals surface area (Å²) in [6, 6.07) is 18.9. The number of amides is 2. The Bertz CT molecular complexity index is 1130. The number of primary amides is 1. The summed E-state index contributed by atoms with van der Waals surface area (Å²) in [7, 11) is 0. The number of urea groups is 1. The first kappa shape index (κ1) is 22.8. The maximum Gasteiger partial charge on any atom is 0.332 e. The fourth-order valence-electron chi connectivity index (χ4n) is 4.15. The van der Waals surface area contributed by atoms with Gasteiger partial charge in [0.1, 0.15) is 6.04 Å². The largest absolute Gasteiger partial charge is 0.480 e. The van der Waals surface area contributed by atoms with E-state index >= 15 is 0 Å². The molecule has 0 saturated heterocycles. The Labute approximate surface area is 184 Å². The van der Waals surface area contributed by atoms with E-state index < -0.39 is 42.0 Å². The van der Waals surface area contributed by atoms with Crippen molar-refractivity contribution in [3.05, 3.63) is 83.9 Å². The van der Waals surface area contributed by atoms with Crippen molar-refractivity contribution in [3.8, 4) is 0 Å². The van der Waals surface area contributed by atoms with Crippen molar-refractivity contribution < 1.29 is 29.7 Å². The third-order valence-electron chi connectivity index (χ3n) is 5.62. The third kappa shape index (κ3) is 4.87. The molecule has 0 bridgehead atoms. The van der Waals surface area contributed by atoms with Crippen LogP contribution in [0, 0.1) is 0 Å². The Morgan fingerprint density at radius 1 is 0.875 bits per heavy atom. The fraction of sp³-hybridized carbons (Fsp3) is 0.208. The number of carboxylic acids is 2. The number of rotatable bonds is 9. The second-order valence-corrected chi connectivity index (χ2v) is 7.72. The lowest BCUT2D eigenvalue weighted by atomic mass is 9.66. The van der Waals surface area contributed by atoms with Gasteiger partial charge in [0.25, 0.3) is 0 Å². The Morgan fingerprint density at radius 2 is 1.50 bits per heavy atom. The summed E-state index contributed by atoms with van der Waals surface area (Å²) in [6.07, 6.45) is -2.30. The summed E-state index contributed by atoms with van der Waals surface area (Å²) < 4.78 is 0. The minimum Gasteiger partial charge on any atom is -0.480 e. The highest BCUT2D eigenvalue weighted by Gasteiger charge is 2.48. The number of carbonyl (C=O) groups excluding carboxylic acids is 1. The highest BCUT2D eigenvalue weighted by atomic mass is 16.4. The van der Waals surface area contributed by atoms with Gasteiger partial charge in [0.2, 0.25) is 0 Å². The molecule has 0 radical (unpaired) electrons. The number of carbonyl (C=O) groups is 3. The number of aliphatic carboxylic acids is 2. The average Bonchev–Trinajstić information content (AvgIpc) is 2.77. The van der Waals surface area contributed by atoms with E-state index in [1.807, 2.05) is 24.3 Å². The molecular weight excluding hydrogens is 412 g/mol. The van der Waals surface area contributed by atoms with E-state index in [0.717, 1.165) is 10.8 Å². The first-order valence-electron chi connectivity index (χ1n) is 9.96. The lowest BCUT2D eigenvalue weighted by molar-refractivity contribution is -0.150. The zero-order chi connectivity index (χ0) is 23.3. The van der Waals surface area contributed by atoms with Gasteiger partial charge >= 0.3 is 18.0 Å². The molecule has 2 amide bonds. The minimum atomic E-state index is -1.87. The number of benzene rings is 3. The van der Waals surface area contributed by atoms with Crippen LogP contribution in [0.25, 0.3) is 10.8 Å². The topological polar surface area (TPSA) is 150 Å². The van der Waals surface area contributed by atoms with Gasteiger partial charge in [0.15, 0.2) is 6.10 Å². The maximum absolute atomic E-state index is 12.4. The molecule has 0 heterocycles. The second-order valence-electron chi connectivity index (χ2n) is 7.72. The van der Waals surface area contributed by atoms with Gasteiger partial charge in [0.05, 0.1) is 0 Å². The zero-order valence-electron chi connectivity index (χ0n) is 17.1. The van der Waals surface area contributed by atoms with Crippen LogP contribution in [0.5, 0.6) is 0 Å². The summed E-state index contributed by atoms with van der Waals surface area (Å²) in [4.78, 5) is 35.7. The molecule has 0 saturated carbocycles. The van der Waals surface area contributed by atoms with Crippen molar-refractivity contribution in [2.75, 3.05) is 0 Å². The molecule has 3 aromatic carbocycles. The third-order valence-corrected chi connectivity index (χ3v) is 5.62. The number of fused-ring (bicyclic) bond motifs is 1. The number of nitrogens with two attached hydrogens (primary N) is 1. The molecule has 0 aromatic heterocycles. The number of carboxylic acid groups (broad SMARTS) is 2.